The van der Waals surface area contributed by atoms with Crippen molar-refractivity contribution in [3.8, 4) is 5.75 Å². The van der Waals surface area contributed by atoms with Gasteiger partial charge in [-0.2, -0.15) is 13.2 Å². The summed E-state index contributed by atoms with van der Waals surface area (Å²) in [6, 6.07) is 1.48. The van der Waals surface area contributed by atoms with Crippen molar-refractivity contribution in [2.45, 2.75) is 33.9 Å². The van der Waals surface area contributed by atoms with E-state index in [0.717, 1.165) is 0 Å². The van der Waals surface area contributed by atoms with E-state index in [1.807, 2.05) is 0 Å². The lowest BCUT2D eigenvalue weighted by molar-refractivity contribution is -0.0886. The summed E-state index contributed by atoms with van der Waals surface area (Å²) in [5.74, 6) is -1.28. The fourth-order valence-corrected chi connectivity index (χ4v) is 1.84. The molecule has 5 heteroatoms. The number of benzene rings is 1. The smallest absolute Gasteiger partial charge is 0.454 e. The third-order valence-electron chi connectivity index (χ3n) is 2.83. The van der Waals surface area contributed by atoms with Gasteiger partial charge in [-0.1, -0.05) is 0 Å². The molecule has 0 radical (unpaired) electrons. The zero-order chi connectivity index (χ0) is 14.1. The van der Waals surface area contributed by atoms with Crippen LogP contribution in [0.25, 0.3) is 0 Å². The van der Waals surface area contributed by atoms with Crippen molar-refractivity contribution in [2.24, 2.45) is 0 Å². The SMILES string of the molecule is CCOc1cc(C)c(C(=O)C(F)(F)F)c(C)c1C. The van der Waals surface area contributed by atoms with Crippen LogP contribution >= 0.6 is 0 Å². The Morgan fingerprint density at radius 2 is 1.78 bits per heavy atom. The molecule has 0 aliphatic heterocycles. The lowest BCUT2D eigenvalue weighted by Gasteiger charge is -2.16. The number of Topliss-reactive ketones (excluding diaryl/α,β-unsaturated/α-hetero) is 1. The standard InChI is InChI=1S/C13H15F3O2/c1-5-18-10-6-7(2)11(9(4)8(10)3)12(17)13(14,15)16/h6H,5H2,1-4H3. The molecule has 1 rings (SSSR count). The quantitative estimate of drug-likeness (QED) is 0.773. The molecule has 0 saturated carbocycles. The van der Waals surface area contributed by atoms with Gasteiger partial charge in [0.25, 0.3) is 5.78 Å². The third-order valence-corrected chi connectivity index (χ3v) is 2.83. The number of halogens is 3. The van der Waals surface area contributed by atoms with Crippen molar-refractivity contribution < 1.29 is 22.7 Å². The van der Waals surface area contributed by atoms with E-state index in [1.165, 1.54) is 19.9 Å². The first-order chi connectivity index (χ1) is 8.20. The van der Waals surface area contributed by atoms with Crippen molar-refractivity contribution in [2.75, 3.05) is 6.61 Å². The number of aryl methyl sites for hydroxylation is 1. The van der Waals surface area contributed by atoms with Gasteiger partial charge in [-0.3, -0.25) is 4.79 Å². The van der Waals surface area contributed by atoms with Crippen LogP contribution < -0.4 is 4.74 Å². The highest BCUT2D eigenvalue weighted by Crippen LogP contribution is 2.32. The highest BCUT2D eigenvalue weighted by molar-refractivity contribution is 6.03. The minimum absolute atomic E-state index is 0.275. The van der Waals surface area contributed by atoms with Gasteiger partial charge >= 0.3 is 6.18 Å². The number of hydrogen-bond donors (Lipinski definition) is 0. The van der Waals surface area contributed by atoms with E-state index in [0.29, 0.717) is 23.5 Å². The molecule has 0 atom stereocenters. The highest BCUT2D eigenvalue weighted by Gasteiger charge is 2.41. The number of carbonyl (C=O) groups excluding carboxylic acids is 1. The predicted octanol–water partition coefficient (Wildman–Crippen LogP) is 3.76. The lowest BCUT2D eigenvalue weighted by Crippen LogP contribution is -2.25. The summed E-state index contributed by atoms with van der Waals surface area (Å²) in [6.45, 7) is 6.84. The Hall–Kier alpha value is -1.52. The molecule has 0 unspecified atom stereocenters. The third kappa shape index (κ3) is 2.66. The number of rotatable bonds is 3. The fourth-order valence-electron chi connectivity index (χ4n) is 1.84. The second kappa shape index (κ2) is 5.00. The monoisotopic (exact) mass is 260 g/mol. The van der Waals surface area contributed by atoms with Gasteiger partial charge < -0.3 is 4.74 Å². The van der Waals surface area contributed by atoms with E-state index in [9.17, 15) is 18.0 Å². The van der Waals surface area contributed by atoms with Crippen molar-refractivity contribution in [3.63, 3.8) is 0 Å². The molecule has 0 saturated heterocycles. The molecule has 0 aliphatic carbocycles. The Kier molecular flexibility index (Phi) is 4.04. The summed E-state index contributed by atoms with van der Waals surface area (Å²) >= 11 is 0. The molecule has 0 spiro atoms. The Labute approximate surface area is 104 Å². The maximum atomic E-state index is 12.5. The van der Waals surface area contributed by atoms with Crippen LogP contribution in [0.15, 0.2) is 6.07 Å². The van der Waals surface area contributed by atoms with Gasteiger partial charge in [0.15, 0.2) is 0 Å². The van der Waals surface area contributed by atoms with Crippen LogP contribution in [0.3, 0.4) is 0 Å². The van der Waals surface area contributed by atoms with Crippen molar-refractivity contribution in [3.05, 3.63) is 28.3 Å². The van der Waals surface area contributed by atoms with Gasteiger partial charge in [-0.15, -0.1) is 0 Å². The average Bonchev–Trinajstić information content (AvgIpc) is 2.24. The van der Waals surface area contributed by atoms with Crippen molar-refractivity contribution in [1.82, 2.24) is 0 Å². The fraction of sp³-hybridized carbons (Fsp3) is 0.462. The number of ether oxygens (including phenoxy) is 1. The molecule has 100 valence electrons. The Morgan fingerprint density at radius 3 is 2.22 bits per heavy atom. The first-order valence-electron chi connectivity index (χ1n) is 5.55. The highest BCUT2D eigenvalue weighted by atomic mass is 19.4. The molecule has 0 fully saturated rings. The molecule has 1 aromatic rings. The average molecular weight is 260 g/mol. The number of alkyl halides is 3. The molecule has 0 aromatic heterocycles. The van der Waals surface area contributed by atoms with Crippen LogP contribution in [0.4, 0.5) is 13.2 Å². The van der Waals surface area contributed by atoms with Gasteiger partial charge in [0, 0.05) is 5.56 Å². The predicted molar refractivity (Wildman–Crippen MR) is 62.2 cm³/mol. The maximum Gasteiger partial charge on any atom is 0.454 e. The van der Waals surface area contributed by atoms with Crippen molar-refractivity contribution >= 4 is 5.78 Å². The topological polar surface area (TPSA) is 26.3 Å². The minimum atomic E-state index is -4.85. The largest absolute Gasteiger partial charge is 0.494 e. The Bertz CT molecular complexity index is 476. The van der Waals surface area contributed by atoms with E-state index >= 15 is 0 Å². The summed E-state index contributed by atoms with van der Waals surface area (Å²) in [5.41, 5.74) is 0.892. The van der Waals surface area contributed by atoms with E-state index < -0.39 is 12.0 Å². The van der Waals surface area contributed by atoms with Crippen LogP contribution in [0.2, 0.25) is 0 Å². The van der Waals surface area contributed by atoms with Crippen LogP contribution in [0, 0.1) is 20.8 Å². The van der Waals surface area contributed by atoms with E-state index in [4.69, 9.17) is 4.74 Å². The van der Waals surface area contributed by atoms with Gasteiger partial charge in [-0.05, 0) is 50.5 Å². The van der Waals surface area contributed by atoms with Gasteiger partial charge in [0.1, 0.15) is 5.75 Å². The number of ketones is 1. The second-order valence-corrected chi connectivity index (χ2v) is 4.08. The van der Waals surface area contributed by atoms with Crippen LogP contribution in [-0.2, 0) is 0 Å². The molecule has 0 aliphatic rings. The molecule has 2 nitrogen and oxygen atoms in total. The first-order valence-corrected chi connectivity index (χ1v) is 5.55. The summed E-state index contributed by atoms with van der Waals surface area (Å²) in [6.07, 6.45) is -4.85. The summed E-state index contributed by atoms with van der Waals surface area (Å²) in [5, 5.41) is 0. The Morgan fingerprint density at radius 1 is 1.22 bits per heavy atom. The lowest BCUT2D eigenvalue weighted by atomic mass is 9.94. The normalized spacial score (nSPS) is 11.5. The maximum absolute atomic E-state index is 12.5. The Balaban J connectivity index is 3.40. The molecular weight excluding hydrogens is 245 g/mol. The van der Waals surface area contributed by atoms with E-state index in [1.54, 1.807) is 13.8 Å². The summed E-state index contributed by atoms with van der Waals surface area (Å²) in [7, 11) is 0. The molecule has 0 heterocycles. The van der Waals surface area contributed by atoms with Crippen LogP contribution in [-0.4, -0.2) is 18.6 Å². The minimum Gasteiger partial charge on any atom is -0.494 e. The van der Waals surface area contributed by atoms with Crippen molar-refractivity contribution in [1.29, 1.82) is 0 Å². The van der Waals surface area contributed by atoms with E-state index in [2.05, 4.69) is 0 Å². The molecule has 0 bridgehead atoms. The zero-order valence-electron chi connectivity index (χ0n) is 10.7. The molecule has 1 aromatic carbocycles. The van der Waals surface area contributed by atoms with E-state index in [-0.39, 0.29) is 11.1 Å². The molecule has 18 heavy (non-hydrogen) atoms. The van der Waals surface area contributed by atoms with Gasteiger partial charge in [-0.25, -0.2) is 0 Å². The van der Waals surface area contributed by atoms with Gasteiger partial charge in [0.2, 0.25) is 0 Å². The molecule has 0 amide bonds. The van der Waals surface area contributed by atoms with Crippen LogP contribution in [0.1, 0.15) is 34.0 Å². The number of carbonyl (C=O) groups is 1. The first kappa shape index (κ1) is 14.5. The zero-order valence-corrected chi connectivity index (χ0v) is 10.7. The van der Waals surface area contributed by atoms with Gasteiger partial charge in [0.05, 0.1) is 6.61 Å². The molecule has 0 N–H and O–H groups in total. The second-order valence-electron chi connectivity index (χ2n) is 4.08. The number of hydrogen-bond acceptors (Lipinski definition) is 2. The summed E-state index contributed by atoms with van der Waals surface area (Å²) in [4.78, 5) is 11.4. The summed E-state index contributed by atoms with van der Waals surface area (Å²) < 4.78 is 42.8. The van der Waals surface area contributed by atoms with Crippen LogP contribution in [0.5, 0.6) is 5.75 Å². The molecular formula is C13H15F3O2.